The molecule has 0 aromatic heterocycles. The molecule has 0 radical (unpaired) electrons. The standard InChI is InChI=1S/2C8H7NO3/c2*9-7(10)5-3-1-2-4-6(5)8(11)12/h2*1-4H,(H2,9,10)(H,11,12). The Morgan fingerprint density at radius 3 is 1.00 bits per heavy atom. The molecule has 6 N–H and O–H groups in total. The third-order valence-electron chi connectivity index (χ3n) is 2.85. The van der Waals surface area contributed by atoms with Gasteiger partial charge in [0.1, 0.15) is 0 Å². The minimum atomic E-state index is -1.15. The number of carbonyl (C=O) groups excluding carboxylic acids is 2. The molecule has 0 heterocycles. The van der Waals surface area contributed by atoms with E-state index in [0.717, 1.165) is 0 Å². The van der Waals surface area contributed by atoms with Gasteiger partial charge in [-0.15, -0.1) is 0 Å². The number of primary amides is 2. The molecule has 0 fully saturated rings. The van der Waals surface area contributed by atoms with E-state index in [1.54, 1.807) is 12.1 Å². The van der Waals surface area contributed by atoms with Gasteiger partial charge < -0.3 is 21.7 Å². The topological polar surface area (TPSA) is 161 Å². The van der Waals surface area contributed by atoms with Gasteiger partial charge in [-0.05, 0) is 24.3 Å². The zero-order valence-electron chi connectivity index (χ0n) is 12.3. The monoisotopic (exact) mass is 330 g/mol. The number of carbonyl (C=O) groups is 4. The fourth-order valence-corrected chi connectivity index (χ4v) is 1.77. The zero-order chi connectivity index (χ0) is 18.3. The van der Waals surface area contributed by atoms with Crippen molar-refractivity contribution in [1.29, 1.82) is 0 Å². The van der Waals surface area contributed by atoms with Crippen LogP contribution in [0.2, 0.25) is 0 Å². The molecule has 0 aliphatic carbocycles. The number of carboxylic acids is 2. The summed E-state index contributed by atoms with van der Waals surface area (Å²) in [5.74, 6) is -3.75. The molecule has 8 nitrogen and oxygen atoms in total. The molecule has 2 rings (SSSR count). The molecule has 0 bridgehead atoms. The molecule has 124 valence electrons. The van der Waals surface area contributed by atoms with E-state index in [1.165, 1.54) is 36.4 Å². The summed E-state index contributed by atoms with van der Waals surface area (Å²) < 4.78 is 0. The first-order valence-corrected chi connectivity index (χ1v) is 6.50. The van der Waals surface area contributed by atoms with Gasteiger partial charge in [0.15, 0.2) is 0 Å². The highest BCUT2D eigenvalue weighted by molar-refractivity contribution is 6.04. The van der Waals surface area contributed by atoms with E-state index in [2.05, 4.69) is 0 Å². The maximum atomic E-state index is 10.7. The van der Waals surface area contributed by atoms with Crippen molar-refractivity contribution in [2.45, 2.75) is 0 Å². The second-order valence-electron chi connectivity index (χ2n) is 4.43. The fraction of sp³-hybridized carbons (Fsp3) is 0. The van der Waals surface area contributed by atoms with Crippen molar-refractivity contribution in [3.63, 3.8) is 0 Å². The Labute approximate surface area is 136 Å². The van der Waals surface area contributed by atoms with Crippen molar-refractivity contribution in [1.82, 2.24) is 0 Å². The molecule has 0 aliphatic rings. The van der Waals surface area contributed by atoms with Gasteiger partial charge in [0, 0.05) is 0 Å². The van der Waals surface area contributed by atoms with E-state index in [4.69, 9.17) is 21.7 Å². The normalized spacial score (nSPS) is 9.33. The van der Waals surface area contributed by atoms with Crippen LogP contribution in [0.4, 0.5) is 0 Å². The van der Waals surface area contributed by atoms with Gasteiger partial charge in [-0.3, -0.25) is 9.59 Å². The third-order valence-corrected chi connectivity index (χ3v) is 2.85. The van der Waals surface area contributed by atoms with E-state index < -0.39 is 23.8 Å². The molecule has 2 amide bonds. The SMILES string of the molecule is NC(=O)c1ccccc1C(=O)O.NC(=O)c1ccccc1C(=O)O. The summed E-state index contributed by atoms with van der Waals surface area (Å²) in [5.41, 5.74) is 9.84. The van der Waals surface area contributed by atoms with E-state index in [9.17, 15) is 19.2 Å². The molecule has 2 aromatic carbocycles. The van der Waals surface area contributed by atoms with Crippen LogP contribution >= 0.6 is 0 Å². The number of hydrogen-bond acceptors (Lipinski definition) is 4. The molecular formula is C16H14N2O6. The van der Waals surface area contributed by atoms with Crippen molar-refractivity contribution in [2.75, 3.05) is 0 Å². The van der Waals surface area contributed by atoms with Crippen LogP contribution in [0.5, 0.6) is 0 Å². The van der Waals surface area contributed by atoms with Gasteiger partial charge >= 0.3 is 11.9 Å². The number of nitrogens with two attached hydrogens (primary N) is 2. The smallest absolute Gasteiger partial charge is 0.336 e. The molecule has 8 heteroatoms. The fourth-order valence-electron chi connectivity index (χ4n) is 1.77. The molecule has 24 heavy (non-hydrogen) atoms. The summed E-state index contributed by atoms with van der Waals surface area (Å²) in [7, 11) is 0. The van der Waals surface area contributed by atoms with E-state index in [1.807, 2.05) is 0 Å². The molecule has 2 aromatic rings. The van der Waals surface area contributed by atoms with Gasteiger partial charge in [0.2, 0.25) is 11.8 Å². The highest BCUT2D eigenvalue weighted by Crippen LogP contribution is 2.07. The van der Waals surface area contributed by atoms with Crippen molar-refractivity contribution < 1.29 is 29.4 Å². The van der Waals surface area contributed by atoms with E-state index in [0.29, 0.717) is 0 Å². The Morgan fingerprint density at radius 1 is 0.583 bits per heavy atom. The molecular weight excluding hydrogens is 316 g/mol. The van der Waals surface area contributed by atoms with Crippen LogP contribution in [0.15, 0.2) is 48.5 Å². The Bertz CT molecular complexity index is 667. The second kappa shape index (κ2) is 8.08. The molecule has 0 aliphatic heterocycles. The van der Waals surface area contributed by atoms with Crippen molar-refractivity contribution in [3.8, 4) is 0 Å². The van der Waals surface area contributed by atoms with E-state index >= 15 is 0 Å². The lowest BCUT2D eigenvalue weighted by atomic mass is 10.1. The van der Waals surface area contributed by atoms with Gasteiger partial charge in [0.25, 0.3) is 0 Å². The van der Waals surface area contributed by atoms with Gasteiger partial charge in [-0.1, -0.05) is 24.3 Å². The van der Waals surface area contributed by atoms with Gasteiger partial charge in [0.05, 0.1) is 22.3 Å². The number of hydrogen-bond donors (Lipinski definition) is 4. The van der Waals surface area contributed by atoms with Crippen LogP contribution in [-0.4, -0.2) is 34.0 Å². The predicted octanol–water partition coefficient (Wildman–Crippen LogP) is 0.967. The first-order chi connectivity index (χ1) is 11.3. The summed E-state index contributed by atoms with van der Waals surface area (Å²) in [5, 5.41) is 17.2. The number of carboxylic acid groups (broad SMARTS) is 2. The predicted molar refractivity (Wildman–Crippen MR) is 83.8 cm³/mol. The summed E-state index contributed by atoms with van der Waals surface area (Å²) in [6.45, 7) is 0. The second-order valence-corrected chi connectivity index (χ2v) is 4.43. The Hall–Kier alpha value is -3.68. The van der Waals surface area contributed by atoms with E-state index in [-0.39, 0.29) is 22.3 Å². The lowest BCUT2D eigenvalue weighted by molar-refractivity contribution is 0.0683. The molecule has 0 atom stereocenters. The summed E-state index contributed by atoms with van der Waals surface area (Å²) in [6.07, 6.45) is 0. The molecule has 0 saturated carbocycles. The zero-order valence-corrected chi connectivity index (χ0v) is 12.3. The third kappa shape index (κ3) is 4.67. The Morgan fingerprint density at radius 2 is 0.833 bits per heavy atom. The van der Waals surface area contributed by atoms with Crippen molar-refractivity contribution >= 4 is 23.8 Å². The summed E-state index contributed by atoms with van der Waals surface area (Å²) >= 11 is 0. The maximum Gasteiger partial charge on any atom is 0.336 e. The molecule has 0 saturated heterocycles. The highest BCUT2D eigenvalue weighted by atomic mass is 16.4. The van der Waals surface area contributed by atoms with Crippen LogP contribution in [0.25, 0.3) is 0 Å². The van der Waals surface area contributed by atoms with Crippen LogP contribution < -0.4 is 11.5 Å². The minimum Gasteiger partial charge on any atom is -0.478 e. The van der Waals surface area contributed by atoms with Gasteiger partial charge in [-0.25, -0.2) is 9.59 Å². The summed E-state index contributed by atoms with van der Waals surface area (Å²) in [4.78, 5) is 42.4. The Kier molecular flexibility index (Phi) is 6.19. The van der Waals surface area contributed by atoms with Gasteiger partial charge in [-0.2, -0.15) is 0 Å². The number of rotatable bonds is 4. The lowest BCUT2D eigenvalue weighted by Gasteiger charge is -1.99. The lowest BCUT2D eigenvalue weighted by Crippen LogP contribution is -2.15. The highest BCUT2D eigenvalue weighted by Gasteiger charge is 2.12. The van der Waals surface area contributed by atoms with Crippen molar-refractivity contribution in [2.24, 2.45) is 11.5 Å². The van der Waals surface area contributed by atoms with Crippen LogP contribution in [0, 0.1) is 0 Å². The number of aromatic carboxylic acids is 2. The summed E-state index contributed by atoms with van der Waals surface area (Å²) in [6, 6.07) is 11.6. The van der Waals surface area contributed by atoms with Crippen LogP contribution in [0.1, 0.15) is 41.4 Å². The molecule has 0 unspecified atom stereocenters. The number of amides is 2. The van der Waals surface area contributed by atoms with Crippen LogP contribution in [0.3, 0.4) is 0 Å². The Balaban J connectivity index is 0.000000240. The quantitative estimate of drug-likeness (QED) is 0.653. The van der Waals surface area contributed by atoms with Crippen molar-refractivity contribution in [3.05, 3.63) is 70.8 Å². The largest absolute Gasteiger partial charge is 0.478 e. The minimum absolute atomic E-state index is 0.0324. The average molecular weight is 330 g/mol. The maximum absolute atomic E-state index is 10.7. The first kappa shape index (κ1) is 18.4. The average Bonchev–Trinajstić information content (AvgIpc) is 2.55. The number of benzene rings is 2. The molecule has 0 spiro atoms. The first-order valence-electron chi connectivity index (χ1n) is 6.50. The van der Waals surface area contributed by atoms with Crippen LogP contribution in [-0.2, 0) is 0 Å².